The van der Waals surface area contributed by atoms with E-state index in [2.05, 4.69) is 35.6 Å². The van der Waals surface area contributed by atoms with Crippen molar-refractivity contribution in [3.63, 3.8) is 0 Å². The minimum atomic E-state index is -4.76. The summed E-state index contributed by atoms with van der Waals surface area (Å²) >= 11 is 6.03. The second-order valence-corrected chi connectivity index (χ2v) is 9.88. The molecular weight excluding hydrogens is 616 g/mol. The van der Waals surface area contributed by atoms with Gasteiger partial charge in [-0.2, -0.15) is 37.2 Å². The van der Waals surface area contributed by atoms with Crippen molar-refractivity contribution in [3.05, 3.63) is 95.6 Å². The van der Waals surface area contributed by atoms with Crippen LogP contribution in [0.4, 0.5) is 26.3 Å². The van der Waals surface area contributed by atoms with E-state index in [9.17, 15) is 22.0 Å². The first kappa shape index (κ1) is 29.0. The van der Waals surface area contributed by atoms with Crippen LogP contribution in [0.5, 0.6) is 0 Å². The molecule has 0 aliphatic heterocycles. The first-order valence-corrected chi connectivity index (χ1v) is 13.0. The first-order chi connectivity index (χ1) is 21.0. The van der Waals surface area contributed by atoms with Crippen LogP contribution in [0.3, 0.4) is 0 Å². The highest BCUT2D eigenvalue weighted by molar-refractivity contribution is 6.31. The molecule has 0 N–H and O–H groups in total. The predicted molar refractivity (Wildman–Crippen MR) is 142 cm³/mol. The molecule has 0 radical (unpaired) electrons. The van der Waals surface area contributed by atoms with Gasteiger partial charge in [0.25, 0.3) is 0 Å². The minimum Gasteiger partial charge on any atom is -0.263 e. The number of hydrogen-bond acceptors (Lipinski definition) is 7. The van der Waals surface area contributed by atoms with Crippen molar-refractivity contribution < 1.29 is 26.3 Å². The number of halogens is 7. The SMILES string of the molecule is Cn1ncnc1-c1cnn(C(Cc2ccn(C(F)F)n2)c2ccc(-c3c(-n4cc(C(F)(F)F)nn4)ccc(Cl)c3F)cn2)c1. The van der Waals surface area contributed by atoms with Crippen LogP contribution in [-0.4, -0.2) is 54.3 Å². The molecule has 44 heavy (non-hydrogen) atoms. The summed E-state index contributed by atoms with van der Waals surface area (Å²) < 4.78 is 85.7. The second kappa shape index (κ2) is 11.2. The average molecular weight is 634 g/mol. The Bertz CT molecular complexity index is 1920. The Hall–Kier alpha value is -5.06. The zero-order valence-corrected chi connectivity index (χ0v) is 23.0. The number of alkyl halides is 5. The van der Waals surface area contributed by atoms with Gasteiger partial charge >= 0.3 is 12.7 Å². The molecule has 6 aromatic rings. The second-order valence-electron chi connectivity index (χ2n) is 9.47. The maximum atomic E-state index is 15.4. The average Bonchev–Trinajstić information content (AvgIpc) is 3.80. The van der Waals surface area contributed by atoms with Crippen LogP contribution in [0, 0.1) is 5.82 Å². The van der Waals surface area contributed by atoms with Crippen LogP contribution in [0.1, 0.15) is 29.7 Å². The molecule has 1 aromatic carbocycles. The molecule has 0 bridgehead atoms. The molecule has 0 aliphatic carbocycles. The van der Waals surface area contributed by atoms with E-state index in [1.54, 1.807) is 34.9 Å². The summed E-state index contributed by atoms with van der Waals surface area (Å²) in [5.41, 5.74) is 0.0493. The lowest BCUT2D eigenvalue weighted by Gasteiger charge is -2.17. The monoisotopic (exact) mass is 633 g/mol. The number of pyridine rings is 1. The first-order valence-electron chi connectivity index (χ1n) is 12.6. The third-order valence-corrected chi connectivity index (χ3v) is 6.97. The van der Waals surface area contributed by atoms with Crippen LogP contribution < -0.4 is 0 Å². The Balaban J connectivity index is 1.39. The largest absolute Gasteiger partial charge is 0.436 e. The smallest absolute Gasteiger partial charge is 0.263 e. The number of hydrogen-bond donors (Lipinski definition) is 0. The van der Waals surface area contributed by atoms with Gasteiger partial charge in [-0.05, 0) is 24.3 Å². The quantitative estimate of drug-likeness (QED) is 0.202. The Morgan fingerprint density at radius 3 is 2.39 bits per heavy atom. The number of benzene rings is 1. The van der Waals surface area contributed by atoms with Gasteiger partial charge in [-0.25, -0.2) is 23.4 Å². The van der Waals surface area contributed by atoms with Gasteiger partial charge in [-0.15, -0.1) is 5.10 Å². The lowest BCUT2D eigenvalue weighted by Crippen LogP contribution is -2.16. The van der Waals surface area contributed by atoms with Crippen LogP contribution in [0.25, 0.3) is 28.2 Å². The van der Waals surface area contributed by atoms with Gasteiger partial charge in [-0.1, -0.05) is 22.9 Å². The van der Waals surface area contributed by atoms with Crippen molar-refractivity contribution in [1.82, 2.24) is 54.3 Å². The molecule has 11 nitrogen and oxygen atoms in total. The third kappa shape index (κ3) is 5.52. The van der Waals surface area contributed by atoms with E-state index >= 15 is 4.39 Å². The fourth-order valence-corrected chi connectivity index (χ4v) is 4.73. The summed E-state index contributed by atoms with van der Waals surface area (Å²) in [5.74, 6) is -0.372. The molecule has 5 aromatic heterocycles. The van der Waals surface area contributed by atoms with Crippen LogP contribution in [0.15, 0.2) is 67.6 Å². The standard InChI is InChI=1S/C26H18ClF6N11/c1-41-24(35-13-37-41)15-10-36-43(11-15)20(8-16-6-7-42(39-16)25(29)30)18-4-2-14(9-34-18)22-19(5-3-17(27)23(22)28)44-12-21(38-40-44)26(31,32)33/h2-7,9-13,20,25H,8H2,1H3. The molecule has 6 rings (SSSR count). The summed E-state index contributed by atoms with van der Waals surface area (Å²) in [5, 5.41) is 18.8. The van der Waals surface area contributed by atoms with E-state index in [0.29, 0.717) is 33.7 Å². The van der Waals surface area contributed by atoms with Crippen LogP contribution in [0.2, 0.25) is 5.02 Å². The van der Waals surface area contributed by atoms with Crippen molar-refractivity contribution in [2.45, 2.75) is 25.2 Å². The van der Waals surface area contributed by atoms with Gasteiger partial charge in [0, 0.05) is 43.2 Å². The highest BCUT2D eigenvalue weighted by atomic mass is 35.5. The lowest BCUT2D eigenvalue weighted by atomic mass is 10.0. The molecule has 0 fully saturated rings. The van der Waals surface area contributed by atoms with Gasteiger partial charge in [0.15, 0.2) is 17.3 Å². The van der Waals surface area contributed by atoms with Crippen molar-refractivity contribution in [1.29, 1.82) is 0 Å². The molecule has 0 spiro atoms. The highest BCUT2D eigenvalue weighted by Crippen LogP contribution is 2.35. The normalized spacial score (nSPS) is 12.8. The van der Waals surface area contributed by atoms with Crippen molar-refractivity contribution in [2.24, 2.45) is 7.05 Å². The number of aromatic nitrogens is 11. The Morgan fingerprint density at radius 2 is 1.75 bits per heavy atom. The molecule has 5 heterocycles. The number of aryl methyl sites for hydroxylation is 1. The molecule has 0 aliphatic rings. The maximum Gasteiger partial charge on any atom is 0.436 e. The van der Waals surface area contributed by atoms with Crippen molar-refractivity contribution in [3.8, 4) is 28.2 Å². The molecule has 18 heteroatoms. The fraction of sp³-hybridized carbons (Fsp3) is 0.192. The van der Waals surface area contributed by atoms with Gasteiger partial charge in [0.1, 0.15) is 6.33 Å². The van der Waals surface area contributed by atoms with E-state index in [4.69, 9.17) is 11.6 Å². The van der Waals surface area contributed by atoms with E-state index in [1.165, 1.54) is 36.8 Å². The molecule has 0 saturated heterocycles. The molecule has 0 amide bonds. The van der Waals surface area contributed by atoms with Crippen molar-refractivity contribution >= 4 is 11.6 Å². The zero-order chi connectivity index (χ0) is 31.2. The predicted octanol–water partition coefficient (Wildman–Crippen LogP) is 5.56. The Kier molecular flexibility index (Phi) is 7.40. The molecule has 0 saturated carbocycles. The maximum absolute atomic E-state index is 15.4. The van der Waals surface area contributed by atoms with Gasteiger partial charge in [0.05, 0.1) is 46.1 Å². The fourth-order valence-electron chi connectivity index (χ4n) is 4.58. The van der Waals surface area contributed by atoms with E-state index in [1.807, 2.05) is 0 Å². The van der Waals surface area contributed by atoms with E-state index < -0.39 is 30.3 Å². The Labute approximate surface area is 248 Å². The molecule has 1 unspecified atom stereocenters. The Morgan fingerprint density at radius 1 is 0.932 bits per heavy atom. The highest BCUT2D eigenvalue weighted by Gasteiger charge is 2.35. The van der Waals surface area contributed by atoms with E-state index in [-0.39, 0.29) is 28.3 Å². The summed E-state index contributed by atoms with van der Waals surface area (Å²) in [7, 11) is 1.71. The summed E-state index contributed by atoms with van der Waals surface area (Å²) in [6.07, 6.45) is 3.07. The third-order valence-electron chi connectivity index (χ3n) is 6.68. The summed E-state index contributed by atoms with van der Waals surface area (Å²) in [6.45, 7) is -2.83. The van der Waals surface area contributed by atoms with Gasteiger partial charge < -0.3 is 0 Å². The topological polar surface area (TPSA) is 110 Å². The number of nitrogens with zero attached hydrogens (tertiary/aromatic N) is 11. The van der Waals surface area contributed by atoms with Crippen molar-refractivity contribution in [2.75, 3.05) is 0 Å². The minimum absolute atomic E-state index is 0.0565. The molecular formula is C26H18ClF6N11. The van der Waals surface area contributed by atoms with Crippen LogP contribution in [-0.2, 0) is 19.6 Å². The summed E-state index contributed by atoms with van der Waals surface area (Å²) in [4.78, 5) is 8.71. The summed E-state index contributed by atoms with van der Waals surface area (Å²) in [6, 6.07) is 6.33. The van der Waals surface area contributed by atoms with Gasteiger partial charge in [0.2, 0.25) is 0 Å². The van der Waals surface area contributed by atoms with E-state index in [0.717, 1.165) is 10.9 Å². The zero-order valence-electron chi connectivity index (χ0n) is 22.3. The van der Waals surface area contributed by atoms with Crippen LogP contribution >= 0.6 is 11.6 Å². The number of rotatable bonds is 8. The van der Waals surface area contributed by atoms with Gasteiger partial charge in [-0.3, -0.25) is 9.67 Å². The lowest BCUT2D eigenvalue weighted by molar-refractivity contribution is -0.141. The molecule has 226 valence electrons. The molecule has 1 atom stereocenters.